The van der Waals surface area contributed by atoms with Crippen LogP contribution in [0, 0.1) is 0 Å². The standard InChI is InChI=1S/C24H29N3O3/c1-3-26(4-2)21(18-11-6-5-7-12-18)17-25-22(28)15-10-16-27-23(29)19-13-8-9-14-20(19)24(27)30/h5-9,11-14,21H,3-4,10,15-17H2,1-2H3,(H,25,28)/p+1/t21-/m1/s1. The Balaban J connectivity index is 1.51. The molecule has 0 saturated carbocycles. The van der Waals surface area contributed by atoms with E-state index >= 15 is 0 Å². The SMILES string of the molecule is CC[NH+](CC)[C@H](CNC(=O)CCCN1C(=O)c2ccccc2C1=O)c1ccccc1. The number of quaternary nitrogens is 1. The first kappa shape index (κ1) is 21.7. The van der Waals surface area contributed by atoms with E-state index < -0.39 is 0 Å². The van der Waals surface area contributed by atoms with Crippen molar-refractivity contribution in [2.45, 2.75) is 32.7 Å². The summed E-state index contributed by atoms with van der Waals surface area (Å²) in [6, 6.07) is 17.3. The van der Waals surface area contributed by atoms with Crippen molar-refractivity contribution in [2.24, 2.45) is 0 Å². The lowest BCUT2D eigenvalue weighted by Gasteiger charge is -2.27. The topological polar surface area (TPSA) is 70.9 Å². The van der Waals surface area contributed by atoms with E-state index in [9.17, 15) is 14.4 Å². The average molecular weight is 409 g/mol. The van der Waals surface area contributed by atoms with Gasteiger partial charge in [0, 0.05) is 18.5 Å². The number of imide groups is 1. The number of carbonyl (C=O) groups is 3. The number of fused-ring (bicyclic) bond motifs is 1. The molecule has 0 radical (unpaired) electrons. The van der Waals surface area contributed by atoms with Crippen molar-refractivity contribution in [1.82, 2.24) is 10.2 Å². The van der Waals surface area contributed by atoms with E-state index in [1.54, 1.807) is 24.3 Å². The van der Waals surface area contributed by atoms with Crippen LogP contribution < -0.4 is 10.2 Å². The Hall–Kier alpha value is -2.99. The van der Waals surface area contributed by atoms with Gasteiger partial charge in [-0.15, -0.1) is 0 Å². The van der Waals surface area contributed by atoms with Gasteiger partial charge in [-0.3, -0.25) is 19.3 Å². The van der Waals surface area contributed by atoms with Gasteiger partial charge in [0.25, 0.3) is 11.8 Å². The summed E-state index contributed by atoms with van der Waals surface area (Å²) in [5.74, 6) is -0.602. The molecule has 0 saturated heterocycles. The molecule has 0 bridgehead atoms. The summed E-state index contributed by atoms with van der Waals surface area (Å²) >= 11 is 0. The number of amides is 3. The van der Waals surface area contributed by atoms with Gasteiger partial charge in [0.2, 0.25) is 5.91 Å². The van der Waals surface area contributed by atoms with Gasteiger partial charge in [-0.2, -0.15) is 0 Å². The molecule has 2 aromatic rings. The van der Waals surface area contributed by atoms with Crippen molar-refractivity contribution < 1.29 is 19.3 Å². The molecular formula is C24H30N3O3+. The molecule has 0 spiro atoms. The predicted octanol–water partition coefficient (Wildman–Crippen LogP) is 1.85. The molecule has 158 valence electrons. The van der Waals surface area contributed by atoms with Crippen LogP contribution in [0.5, 0.6) is 0 Å². The lowest BCUT2D eigenvalue weighted by atomic mass is 10.0. The molecule has 6 nitrogen and oxygen atoms in total. The molecule has 30 heavy (non-hydrogen) atoms. The molecule has 0 aliphatic carbocycles. The van der Waals surface area contributed by atoms with E-state index in [2.05, 4.69) is 31.3 Å². The van der Waals surface area contributed by atoms with Crippen LogP contribution in [0.2, 0.25) is 0 Å². The van der Waals surface area contributed by atoms with Crippen LogP contribution in [-0.4, -0.2) is 48.8 Å². The van der Waals surface area contributed by atoms with Crippen molar-refractivity contribution in [1.29, 1.82) is 0 Å². The van der Waals surface area contributed by atoms with Crippen LogP contribution in [0.1, 0.15) is 59.0 Å². The average Bonchev–Trinajstić information content (AvgIpc) is 3.02. The van der Waals surface area contributed by atoms with Gasteiger partial charge >= 0.3 is 0 Å². The maximum Gasteiger partial charge on any atom is 0.261 e. The Kier molecular flexibility index (Phi) is 7.36. The van der Waals surface area contributed by atoms with Gasteiger partial charge in [0.05, 0.1) is 30.8 Å². The van der Waals surface area contributed by atoms with E-state index in [0.717, 1.165) is 13.1 Å². The van der Waals surface area contributed by atoms with Crippen LogP contribution in [-0.2, 0) is 4.79 Å². The van der Waals surface area contributed by atoms with Crippen LogP contribution in [0.4, 0.5) is 0 Å². The number of likely N-dealkylation sites (N-methyl/N-ethyl adjacent to an activating group) is 1. The van der Waals surface area contributed by atoms with Gasteiger partial charge in [-0.05, 0) is 32.4 Å². The van der Waals surface area contributed by atoms with Crippen LogP contribution in [0.15, 0.2) is 54.6 Å². The van der Waals surface area contributed by atoms with Crippen molar-refractivity contribution in [3.8, 4) is 0 Å². The molecule has 1 aliphatic rings. The van der Waals surface area contributed by atoms with Gasteiger partial charge in [-0.25, -0.2) is 0 Å². The maximum absolute atomic E-state index is 12.4. The summed E-state index contributed by atoms with van der Waals surface area (Å²) < 4.78 is 0. The minimum absolute atomic E-state index is 0.0564. The fourth-order valence-electron chi connectivity index (χ4n) is 4.07. The maximum atomic E-state index is 12.4. The highest BCUT2D eigenvalue weighted by atomic mass is 16.2. The lowest BCUT2D eigenvalue weighted by Crippen LogP contribution is -3.12. The third-order valence-corrected chi connectivity index (χ3v) is 5.77. The highest BCUT2D eigenvalue weighted by Gasteiger charge is 2.34. The quantitative estimate of drug-likeness (QED) is 0.590. The number of nitrogens with one attached hydrogen (secondary N) is 2. The molecule has 0 unspecified atom stereocenters. The largest absolute Gasteiger partial charge is 0.350 e. The zero-order chi connectivity index (χ0) is 21.5. The summed E-state index contributed by atoms with van der Waals surface area (Å²) in [7, 11) is 0. The number of benzene rings is 2. The zero-order valence-electron chi connectivity index (χ0n) is 17.7. The van der Waals surface area contributed by atoms with Crippen molar-refractivity contribution in [2.75, 3.05) is 26.2 Å². The molecule has 1 heterocycles. The third-order valence-electron chi connectivity index (χ3n) is 5.77. The first-order valence-electron chi connectivity index (χ1n) is 10.7. The predicted molar refractivity (Wildman–Crippen MR) is 115 cm³/mol. The number of nitrogens with zero attached hydrogens (tertiary/aromatic N) is 1. The van der Waals surface area contributed by atoms with Gasteiger partial charge < -0.3 is 10.2 Å². The van der Waals surface area contributed by atoms with Crippen LogP contribution in [0.25, 0.3) is 0 Å². The Morgan fingerprint density at radius 3 is 2.07 bits per heavy atom. The minimum atomic E-state index is -0.273. The van der Waals surface area contributed by atoms with E-state index in [4.69, 9.17) is 0 Å². The second-order valence-electron chi connectivity index (χ2n) is 7.54. The summed E-state index contributed by atoms with van der Waals surface area (Å²) in [5, 5.41) is 3.05. The fraction of sp³-hybridized carbons (Fsp3) is 0.375. The smallest absolute Gasteiger partial charge is 0.261 e. The lowest BCUT2D eigenvalue weighted by molar-refractivity contribution is -0.927. The Labute approximate surface area is 177 Å². The summed E-state index contributed by atoms with van der Waals surface area (Å²) in [6.45, 7) is 7.07. The number of rotatable bonds is 10. The van der Waals surface area contributed by atoms with Crippen LogP contribution in [0.3, 0.4) is 0 Å². The fourth-order valence-corrected chi connectivity index (χ4v) is 4.07. The van der Waals surface area contributed by atoms with Crippen molar-refractivity contribution in [3.05, 3.63) is 71.3 Å². The van der Waals surface area contributed by atoms with E-state index in [1.807, 2.05) is 18.2 Å². The van der Waals surface area contributed by atoms with Crippen molar-refractivity contribution >= 4 is 17.7 Å². The first-order chi connectivity index (χ1) is 14.6. The second kappa shape index (κ2) is 10.2. The highest BCUT2D eigenvalue weighted by molar-refractivity contribution is 6.21. The molecule has 1 atom stereocenters. The van der Waals surface area contributed by atoms with E-state index in [1.165, 1.54) is 15.4 Å². The van der Waals surface area contributed by atoms with E-state index in [0.29, 0.717) is 24.1 Å². The molecule has 1 aliphatic heterocycles. The summed E-state index contributed by atoms with van der Waals surface area (Å²) in [6.07, 6.45) is 0.730. The molecule has 6 heteroatoms. The third kappa shape index (κ3) is 4.76. The summed E-state index contributed by atoms with van der Waals surface area (Å²) in [5.41, 5.74) is 2.10. The van der Waals surface area contributed by atoms with Gasteiger partial charge in [0.1, 0.15) is 6.04 Å². The minimum Gasteiger partial charge on any atom is -0.350 e. The van der Waals surface area contributed by atoms with Crippen LogP contribution >= 0.6 is 0 Å². The first-order valence-corrected chi connectivity index (χ1v) is 10.7. The normalized spacial score (nSPS) is 14.2. The van der Waals surface area contributed by atoms with E-state index in [-0.39, 0.29) is 36.7 Å². The zero-order valence-corrected chi connectivity index (χ0v) is 17.7. The summed E-state index contributed by atoms with van der Waals surface area (Å²) in [4.78, 5) is 39.9. The monoisotopic (exact) mass is 408 g/mol. The Morgan fingerprint density at radius 2 is 1.50 bits per heavy atom. The molecule has 2 aromatic carbocycles. The number of hydrogen-bond acceptors (Lipinski definition) is 3. The molecule has 2 N–H and O–H groups in total. The molecule has 0 fully saturated rings. The van der Waals surface area contributed by atoms with Gasteiger partial charge in [0.15, 0.2) is 0 Å². The Bertz CT molecular complexity index is 859. The molecule has 0 aromatic heterocycles. The molecule has 3 rings (SSSR count). The highest BCUT2D eigenvalue weighted by Crippen LogP contribution is 2.22. The number of hydrogen-bond donors (Lipinski definition) is 2. The molecular weight excluding hydrogens is 378 g/mol. The second-order valence-corrected chi connectivity index (χ2v) is 7.54. The van der Waals surface area contributed by atoms with Gasteiger partial charge in [-0.1, -0.05) is 42.5 Å². The Morgan fingerprint density at radius 1 is 0.933 bits per heavy atom. The van der Waals surface area contributed by atoms with Crippen molar-refractivity contribution in [3.63, 3.8) is 0 Å². The number of carbonyl (C=O) groups excluding carboxylic acids is 3. The molecule has 3 amide bonds.